The minimum absolute atomic E-state index is 0.0167. The lowest BCUT2D eigenvalue weighted by atomic mass is 9.49. The molecule has 10 nitrogen and oxygen atoms in total. The highest BCUT2D eigenvalue weighted by Gasteiger charge is 2.70. The van der Waals surface area contributed by atoms with Crippen molar-refractivity contribution in [3.8, 4) is 11.5 Å². The second-order valence-corrected chi connectivity index (χ2v) is 12.3. The van der Waals surface area contributed by atoms with Crippen LogP contribution in [0.3, 0.4) is 0 Å². The second kappa shape index (κ2) is 10.7. The Morgan fingerprint density at radius 1 is 0.915 bits per heavy atom. The van der Waals surface area contributed by atoms with E-state index in [1.54, 1.807) is 60.7 Å². The number of allylic oxidation sites excluding steroid dienone is 2. The molecule has 1 saturated carbocycles. The highest BCUT2D eigenvalue weighted by Crippen LogP contribution is 2.65. The molecule has 4 amide bonds. The average Bonchev–Trinajstić information content (AvgIpc) is 3.39. The number of fused-ring (bicyclic) bond motifs is 4. The smallest absolute Gasteiger partial charge is 0.508 e. The minimum Gasteiger partial charge on any atom is -0.508 e. The summed E-state index contributed by atoms with van der Waals surface area (Å²) in [6.07, 6.45) is -3.54. The van der Waals surface area contributed by atoms with Gasteiger partial charge in [0.2, 0.25) is 0 Å². The Morgan fingerprint density at radius 2 is 1.62 bits per heavy atom. The summed E-state index contributed by atoms with van der Waals surface area (Å²) in [5.74, 6) is -9.58. The summed E-state index contributed by atoms with van der Waals surface area (Å²) in [6, 6.07) is 18.2. The number of rotatable bonds is 5. The molecule has 3 aromatic rings. The quantitative estimate of drug-likeness (QED) is 0.201. The van der Waals surface area contributed by atoms with Crippen molar-refractivity contribution in [3.05, 3.63) is 101 Å². The van der Waals surface area contributed by atoms with Crippen molar-refractivity contribution in [2.45, 2.75) is 37.5 Å². The molecular weight excluding hydrogens is 619 g/mol. The second-order valence-electron chi connectivity index (χ2n) is 12.3. The predicted octanol–water partition coefficient (Wildman–Crippen LogP) is 4.97. The number of nitrogens with zero attached hydrogens (tertiary/aromatic N) is 2. The van der Waals surface area contributed by atoms with Crippen molar-refractivity contribution in [2.24, 2.45) is 23.7 Å². The fraction of sp³-hybridized carbons (Fsp3) is 0.294. The molecule has 0 bridgehead atoms. The third-order valence-corrected chi connectivity index (χ3v) is 9.91. The predicted molar refractivity (Wildman–Crippen MR) is 157 cm³/mol. The van der Waals surface area contributed by atoms with Crippen LogP contribution in [0.25, 0.3) is 0 Å². The van der Waals surface area contributed by atoms with Crippen molar-refractivity contribution in [1.29, 1.82) is 0 Å². The van der Waals surface area contributed by atoms with Gasteiger partial charge in [0.1, 0.15) is 11.5 Å². The normalized spacial score (nSPS) is 28.5. The van der Waals surface area contributed by atoms with Crippen LogP contribution in [0.4, 0.5) is 18.9 Å². The van der Waals surface area contributed by atoms with Gasteiger partial charge in [-0.1, -0.05) is 59.7 Å². The summed E-state index contributed by atoms with van der Waals surface area (Å²) in [5.41, 5.74) is 3.06. The maximum atomic E-state index is 15.0. The molecule has 3 aromatic carbocycles. The van der Waals surface area contributed by atoms with Crippen LogP contribution in [0.1, 0.15) is 35.4 Å². The molecule has 2 aliphatic heterocycles. The Bertz CT molecular complexity index is 1850. The Labute approximate surface area is 266 Å². The summed E-state index contributed by atoms with van der Waals surface area (Å²) >= 11 is 0. The van der Waals surface area contributed by atoms with Gasteiger partial charge in [0.05, 0.1) is 28.9 Å². The van der Waals surface area contributed by atoms with Gasteiger partial charge < -0.3 is 9.84 Å². The third-order valence-electron chi connectivity index (χ3n) is 9.91. The number of nitrogens with one attached hydrogen (secondary N) is 1. The number of ether oxygens (including phenoxy) is 1. The van der Waals surface area contributed by atoms with Crippen LogP contribution in [0.5, 0.6) is 11.5 Å². The summed E-state index contributed by atoms with van der Waals surface area (Å²) < 4.78 is 44.4. The van der Waals surface area contributed by atoms with Gasteiger partial charge >= 0.3 is 6.36 Å². The number of alkyl halides is 3. The molecule has 13 heteroatoms. The van der Waals surface area contributed by atoms with Gasteiger partial charge in [-0.15, -0.1) is 13.2 Å². The molecule has 2 aliphatic carbocycles. The molecule has 3 fully saturated rings. The number of aryl methyl sites for hydroxylation is 1. The van der Waals surface area contributed by atoms with Crippen molar-refractivity contribution in [1.82, 2.24) is 10.1 Å². The number of hydrazine groups is 1. The monoisotopic (exact) mass is 647 g/mol. The van der Waals surface area contributed by atoms with Crippen LogP contribution in [-0.2, 0) is 24.6 Å². The van der Waals surface area contributed by atoms with Crippen LogP contribution in [0.15, 0.2) is 84.4 Å². The summed E-state index contributed by atoms with van der Waals surface area (Å²) in [5, 5.41) is 22.6. The Balaban J connectivity index is 1.48. The number of carbonyl (C=O) groups is 4. The van der Waals surface area contributed by atoms with Crippen molar-refractivity contribution in [2.75, 3.05) is 5.43 Å². The number of hydrogen-bond acceptors (Lipinski definition) is 8. The molecule has 4 aliphatic rings. The Morgan fingerprint density at radius 3 is 2.30 bits per heavy atom. The number of aromatic hydroxyl groups is 1. The largest absolute Gasteiger partial charge is 0.573 e. The molecular formula is C34H28F3N3O7. The summed E-state index contributed by atoms with van der Waals surface area (Å²) in [7, 11) is 0. The molecule has 3 N–H and O–H groups in total. The van der Waals surface area contributed by atoms with E-state index < -0.39 is 76.5 Å². The van der Waals surface area contributed by atoms with E-state index >= 15 is 0 Å². The van der Waals surface area contributed by atoms with Crippen molar-refractivity contribution >= 4 is 29.3 Å². The van der Waals surface area contributed by atoms with Crippen LogP contribution in [0, 0.1) is 30.6 Å². The SMILES string of the molecule is Cc1ccc(NN2C(=O)C3CC4C(=CCC5C(=O)N(O)C(=O)C54)C(c4cc(OC(F)(F)F)ccc4O)C3(c3ccccc3)C2=O)cc1. The minimum atomic E-state index is -5.07. The first-order valence-corrected chi connectivity index (χ1v) is 15.0. The highest BCUT2D eigenvalue weighted by molar-refractivity contribution is 6.13. The standard InChI is InChI=1S/C34H28F3N3O7/c1-17-7-9-19(10-8-17)38-39-30(43)25-16-23-21(12-13-22-27(23)31(44)40(46)29(22)42)28(33(25,32(39)45)18-5-3-2-4-6-18)24-15-20(11-14-26(24)41)47-34(35,36)37/h2-12,14-15,22-23,25,27-28,38,41,46H,13,16H2,1H3. The lowest BCUT2D eigenvalue weighted by molar-refractivity contribution is -0.274. The topological polar surface area (TPSA) is 136 Å². The van der Waals surface area contributed by atoms with E-state index in [2.05, 4.69) is 10.2 Å². The van der Waals surface area contributed by atoms with Gasteiger partial charge in [-0.2, -0.15) is 10.1 Å². The summed E-state index contributed by atoms with van der Waals surface area (Å²) in [4.78, 5) is 55.6. The molecule has 6 atom stereocenters. The molecule has 47 heavy (non-hydrogen) atoms. The number of anilines is 1. The lowest BCUT2D eigenvalue weighted by Gasteiger charge is -2.50. The van der Waals surface area contributed by atoms with Crippen LogP contribution in [-0.4, -0.2) is 50.4 Å². The van der Waals surface area contributed by atoms with Gasteiger partial charge in [0, 0.05) is 11.5 Å². The molecule has 0 aromatic heterocycles. The highest BCUT2D eigenvalue weighted by atomic mass is 19.4. The molecule has 242 valence electrons. The van der Waals surface area contributed by atoms with Gasteiger partial charge in [-0.3, -0.25) is 29.8 Å². The van der Waals surface area contributed by atoms with Crippen LogP contribution < -0.4 is 10.2 Å². The van der Waals surface area contributed by atoms with Crippen LogP contribution in [0.2, 0.25) is 0 Å². The molecule has 6 unspecified atom stereocenters. The number of hydroxylamine groups is 2. The first-order valence-electron chi connectivity index (χ1n) is 15.0. The first kappa shape index (κ1) is 30.5. The van der Waals surface area contributed by atoms with E-state index in [0.29, 0.717) is 16.8 Å². The lowest BCUT2D eigenvalue weighted by Crippen LogP contribution is -2.53. The molecule has 2 heterocycles. The van der Waals surface area contributed by atoms with E-state index in [9.17, 15) is 42.7 Å². The van der Waals surface area contributed by atoms with E-state index in [1.807, 2.05) is 6.92 Å². The number of halogens is 3. The number of phenolic OH excluding ortho intramolecular Hbond substituents is 1. The van der Waals surface area contributed by atoms with Crippen molar-refractivity contribution < 1.29 is 47.4 Å². The Kier molecular flexibility index (Phi) is 6.94. The number of hydrogen-bond donors (Lipinski definition) is 3. The number of carbonyl (C=O) groups excluding carboxylic acids is 4. The van der Waals surface area contributed by atoms with E-state index in [0.717, 1.165) is 28.8 Å². The number of phenols is 1. The van der Waals surface area contributed by atoms with Crippen molar-refractivity contribution in [3.63, 3.8) is 0 Å². The average molecular weight is 648 g/mol. The summed E-state index contributed by atoms with van der Waals surface area (Å²) in [6.45, 7) is 1.87. The van der Waals surface area contributed by atoms with Gasteiger partial charge in [0.15, 0.2) is 0 Å². The van der Waals surface area contributed by atoms with E-state index in [4.69, 9.17) is 0 Å². The first-order chi connectivity index (χ1) is 22.3. The number of imide groups is 2. The number of benzene rings is 3. The van der Waals surface area contributed by atoms with Crippen LogP contribution >= 0.6 is 0 Å². The molecule has 0 spiro atoms. The zero-order chi connectivity index (χ0) is 33.4. The number of amides is 4. The third kappa shape index (κ3) is 4.59. The Hall–Kier alpha value is -5.17. The molecule has 7 rings (SSSR count). The molecule has 0 radical (unpaired) electrons. The van der Waals surface area contributed by atoms with E-state index in [-0.39, 0.29) is 23.5 Å². The van der Waals surface area contributed by atoms with E-state index in [1.165, 1.54) is 0 Å². The zero-order valence-electron chi connectivity index (χ0n) is 24.8. The fourth-order valence-corrected chi connectivity index (χ4v) is 8.04. The fourth-order valence-electron chi connectivity index (χ4n) is 8.04. The molecule has 2 saturated heterocycles. The van der Waals surface area contributed by atoms with Gasteiger partial charge in [0.25, 0.3) is 23.6 Å². The van der Waals surface area contributed by atoms with Gasteiger partial charge in [-0.05, 0) is 61.6 Å². The maximum absolute atomic E-state index is 15.0. The van der Waals surface area contributed by atoms with Gasteiger partial charge in [-0.25, -0.2) is 0 Å². The zero-order valence-corrected chi connectivity index (χ0v) is 24.8. The maximum Gasteiger partial charge on any atom is 0.573 e.